The number of nitrogens with zero attached hydrogens (tertiary/aromatic N) is 1. The third-order valence-electron chi connectivity index (χ3n) is 4.25. The molecule has 1 atom stereocenters. The van der Waals surface area contributed by atoms with Crippen molar-refractivity contribution in [2.24, 2.45) is 11.7 Å². The van der Waals surface area contributed by atoms with Gasteiger partial charge in [-0.1, -0.05) is 19.4 Å². The molecule has 0 radical (unpaired) electrons. The van der Waals surface area contributed by atoms with Gasteiger partial charge in [-0.3, -0.25) is 0 Å². The van der Waals surface area contributed by atoms with E-state index in [2.05, 4.69) is 11.9 Å². The molecule has 3 heteroatoms. The first-order valence-electron chi connectivity index (χ1n) is 7.36. The van der Waals surface area contributed by atoms with Crippen LogP contribution in [0, 0.1) is 11.7 Å². The van der Waals surface area contributed by atoms with Gasteiger partial charge in [0.2, 0.25) is 0 Å². The molecule has 1 aromatic rings. The van der Waals surface area contributed by atoms with Gasteiger partial charge in [-0.15, -0.1) is 0 Å². The Labute approximate surface area is 115 Å². The van der Waals surface area contributed by atoms with Crippen molar-refractivity contribution < 1.29 is 4.39 Å². The van der Waals surface area contributed by atoms with Gasteiger partial charge in [0, 0.05) is 30.9 Å². The first-order chi connectivity index (χ1) is 9.11. The van der Waals surface area contributed by atoms with Crippen LogP contribution in [0.4, 0.5) is 10.1 Å². The highest BCUT2D eigenvalue weighted by molar-refractivity contribution is 5.54. The molecule has 0 spiro atoms. The highest BCUT2D eigenvalue weighted by Crippen LogP contribution is 2.30. The molecule has 0 amide bonds. The lowest BCUT2D eigenvalue weighted by Crippen LogP contribution is -2.31. The highest BCUT2D eigenvalue weighted by Gasteiger charge is 2.21. The van der Waals surface area contributed by atoms with Gasteiger partial charge >= 0.3 is 0 Å². The van der Waals surface area contributed by atoms with Gasteiger partial charge in [-0.2, -0.15) is 0 Å². The lowest BCUT2D eigenvalue weighted by molar-refractivity contribution is 0.321. The van der Waals surface area contributed by atoms with Crippen molar-refractivity contribution in [1.29, 1.82) is 0 Å². The third-order valence-corrected chi connectivity index (χ3v) is 4.25. The van der Waals surface area contributed by atoms with Crippen LogP contribution in [0.5, 0.6) is 0 Å². The second-order valence-electron chi connectivity index (χ2n) is 5.79. The number of halogens is 1. The molecule has 0 aliphatic heterocycles. The van der Waals surface area contributed by atoms with E-state index in [9.17, 15) is 4.39 Å². The van der Waals surface area contributed by atoms with Crippen molar-refractivity contribution in [2.75, 3.05) is 18.5 Å². The molecule has 0 aromatic heterocycles. The zero-order valence-corrected chi connectivity index (χ0v) is 12.0. The van der Waals surface area contributed by atoms with E-state index in [1.165, 1.54) is 19.3 Å². The van der Waals surface area contributed by atoms with Crippen molar-refractivity contribution in [1.82, 2.24) is 0 Å². The summed E-state index contributed by atoms with van der Waals surface area (Å²) in [6.45, 7) is 3.07. The van der Waals surface area contributed by atoms with Gasteiger partial charge in [-0.05, 0) is 43.7 Å². The molecule has 2 N–H and O–H groups in total. The van der Waals surface area contributed by atoms with E-state index in [1.807, 2.05) is 13.0 Å². The second-order valence-corrected chi connectivity index (χ2v) is 5.79. The summed E-state index contributed by atoms with van der Waals surface area (Å²) < 4.78 is 14.1. The zero-order valence-electron chi connectivity index (χ0n) is 12.0. The molecular formula is C16H25FN2. The van der Waals surface area contributed by atoms with Crippen LogP contribution < -0.4 is 10.6 Å². The molecule has 1 aromatic carbocycles. The lowest BCUT2D eigenvalue weighted by Gasteiger charge is -2.32. The fraction of sp³-hybridized carbons (Fsp3) is 0.625. The predicted molar refractivity (Wildman–Crippen MR) is 79.0 cm³/mol. The molecule has 19 heavy (non-hydrogen) atoms. The van der Waals surface area contributed by atoms with Gasteiger partial charge in [0.25, 0.3) is 0 Å². The van der Waals surface area contributed by atoms with E-state index < -0.39 is 0 Å². The van der Waals surface area contributed by atoms with E-state index in [0.29, 0.717) is 6.42 Å². The summed E-state index contributed by atoms with van der Waals surface area (Å²) in [6.07, 6.45) is 5.45. The summed E-state index contributed by atoms with van der Waals surface area (Å²) in [4.78, 5) is 2.20. The van der Waals surface area contributed by atoms with E-state index in [4.69, 9.17) is 5.73 Å². The molecule has 106 valence electrons. The number of hydrogen-bond donors (Lipinski definition) is 1. The Morgan fingerprint density at radius 1 is 1.42 bits per heavy atom. The number of rotatable bonds is 6. The Kier molecular flexibility index (Phi) is 4.81. The van der Waals surface area contributed by atoms with Crippen molar-refractivity contribution >= 4 is 5.69 Å². The largest absolute Gasteiger partial charge is 0.374 e. The Morgan fingerprint density at radius 2 is 2.16 bits per heavy atom. The minimum Gasteiger partial charge on any atom is -0.374 e. The second kappa shape index (κ2) is 6.38. The Hall–Kier alpha value is -1.09. The quantitative estimate of drug-likeness (QED) is 0.854. The zero-order chi connectivity index (χ0) is 13.8. The van der Waals surface area contributed by atoms with Crippen LogP contribution in [-0.4, -0.2) is 19.6 Å². The lowest BCUT2D eigenvalue weighted by atomic mass is 9.85. The van der Waals surface area contributed by atoms with Crippen molar-refractivity contribution in [3.63, 3.8) is 0 Å². The molecule has 1 saturated carbocycles. The maximum absolute atomic E-state index is 14.1. The predicted octanol–water partition coefficient (Wildman–Crippen LogP) is 3.34. The summed E-state index contributed by atoms with van der Waals surface area (Å²) in [5.41, 5.74) is 7.78. The fourth-order valence-electron chi connectivity index (χ4n) is 2.67. The molecule has 2 rings (SSSR count). The van der Waals surface area contributed by atoms with Crippen LogP contribution in [0.25, 0.3) is 0 Å². The standard InChI is InChI=1S/C16H25FN2/c1-3-13(18)10-14-15(17)8-5-9-16(14)19(2)11-12-6-4-7-12/h5,8-9,12-13H,3-4,6-7,10-11,18H2,1-2H3. The van der Waals surface area contributed by atoms with E-state index in [-0.39, 0.29) is 11.9 Å². The fourth-order valence-corrected chi connectivity index (χ4v) is 2.67. The maximum atomic E-state index is 14.1. The summed E-state index contributed by atoms with van der Waals surface area (Å²) in [5, 5.41) is 0. The topological polar surface area (TPSA) is 29.3 Å². The van der Waals surface area contributed by atoms with E-state index in [0.717, 1.165) is 30.1 Å². The molecule has 1 fully saturated rings. The number of benzene rings is 1. The minimum absolute atomic E-state index is 0.0350. The van der Waals surface area contributed by atoms with Gasteiger partial charge in [0.15, 0.2) is 0 Å². The highest BCUT2D eigenvalue weighted by atomic mass is 19.1. The molecule has 0 saturated heterocycles. The monoisotopic (exact) mass is 264 g/mol. The molecule has 1 aliphatic carbocycles. The summed E-state index contributed by atoms with van der Waals surface area (Å²) in [5.74, 6) is 0.655. The number of nitrogens with two attached hydrogens (primary N) is 1. The average Bonchev–Trinajstić information content (AvgIpc) is 2.35. The Morgan fingerprint density at radius 3 is 2.74 bits per heavy atom. The van der Waals surface area contributed by atoms with Crippen molar-refractivity contribution in [3.8, 4) is 0 Å². The van der Waals surface area contributed by atoms with Gasteiger partial charge in [0.1, 0.15) is 5.82 Å². The van der Waals surface area contributed by atoms with Crippen LogP contribution in [0.3, 0.4) is 0 Å². The molecule has 0 heterocycles. The number of anilines is 1. The van der Waals surface area contributed by atoms with Crippen LogP contribution in [0.2, 0.25) is 0 Å². The molecule has 1 aliphatic rings. The van der Waals surface area contributed by atoms with Crippen LogP contribution in [-0.2, 0) is 6.42 Å². The van der Waals surface area contributed by atoms with E-state index >= 15 is 0 Å². The Bertz CT molecular complexity index is 415. The van der Waals surface area contributed by atoms with Crippen LogP contribution in [0.15, 0.2) is 18.2 Å². The van der Waals surface area contributed by atoms with Gasteiger partial charge in [0.05, 0.1) is 0 Å². The van der Waals surface area contributed by atoms with Crippen molar-refractivity contribution in [3.05, 3.63) is 29.6 Å². The number of hydrogen-bond acceptors (Lipinski definition) is 2. The first kappa shape index (κ1) is 14.3. The molecule has 2 nitrogen and oxygen atoms in total. The minimum atomic E-state index is -0.123. The van der Waals surface area contributed by atoms with Crippen LogP contribution in [0.1, 0.15) is 38.2 Å². The summed E-state index contributed by atoms with van der Waals surface area (Å²) in [7, 11) is 2.06. The first-order valence-corrected chi connectivity index (χ1v) is 7.36. The summed E-state index contributed by atoms with van der Waals surface area (Å²) in [6, 6.07) is 5.38. The van der Waals surface area contributed by atoms with Crippen LogP contribution >= 0.6 is 0 Å². The average molecular weight is 264 g/mol. The van der Waals surface area contributed by atoms with Gasteiger partial charge < -0.3 is 10.6 Å². The molecule has 0 bridgehead atoms. The maximum Gasteiger partial charge on any atom is 0.128 e. The smallest absolute Gasteiger partial charge is 0.128 e. The summed E-state index contributed by atoms with van der Waals surface area (Å²) >= 11 is 0. The van der Waals surface area contributed by atoms with Crippen molar-refractivity contribution in [2.45, 2.75) is 45.1 Å². The van der Waals surface area contributed by atoms with E-state index in [1.54, 1.807) is 12.1 Å². The molecule has 1 unspecified atom stereocenters. The normalized spacial score (nSPS) is 17.1. The molecular weight excluding hydrogens is 239 g/mol. The Balaban J connectivity index is 2.15. The third kappa shape index (κ3) is 3.47. The van der Waals surface area contributed by atoms with Gasteiger partial charge in [-0.25, -0.2) is 4.39 Å². The SMILES string of the molecule is CCC(N)Cc1c(F)cccc1N(C)CC1CCC1.